The molecular formula is C21H23N3O9. The predicted octanol–water partition coefficient (Wildman–Crippen LogP) is 0.953. The molecule has 176 valence electrons. The van der Waals surface area contributed by atoms with Crippen molar-refractivity contribution in [3.8, 4) is 11.1 Å². The SMILES string of the molecule is CC(=O)OCCN(CCOC(C)=O)c1ccc(-c2c(C(=O)O)c(N)[nH]c(=O)c2C(=O)O)cc1. The molecule has 5 N–H and O–H groups in total. The Morgan fingerprint density at radius 2 is 1.39 bits per heavy atom. The van der Waals surface area contributed by atoms with Crippen LogP contribution >= 0.6 is 0 Å². The van der Waals surface area contributed by atoms with Crippen LogP contribution in [-0.2, 0) is 19.1 Å². The average Bonchev–Trinajstić information content (AvgIpc) is 2.71. The fourth-order valence-corrected chi connectivity index (χ4v) is 3.14. The predicted molar refractivity (Wildman–Crippen MR) is 116 cm³/mol. The highest BCUT2D eigenvalue weighted by atomic mass is 16.5. The summed E-state index contributed by atoms with van der Waals surface area (Å²) in [4.78, 5) is 61.5. The van der Waals surface area contributed by atoms with E-state index >= 15 is 0 Å². The molecule has 12 heteroatoms. The van der Waals surface area contributed by atoms with Crippen LogP contribution in [0, 0.1) is 0 Å². The second kappa shape index (κ2) is 10.8. The number of anilines is 2. The summed E-state index contributed by atoms with van der Waals surface area (Å²) in [7, 11) is 0. The number of nitrogens with one attached hydrogen (secondary N) is 1. The molecule has 0 aliphatic rings. The van der Waals surface area contributed by atoms with Crippen LogP contribution in [-0.4, -0.2) is 65.4 Å². The van der Waals surface area contributed by atoms with Gasteiger partial charge in [-0.3, -0.25) is 14.4 Å². The summed E-state index contributed by atoms with van der Waals surface area (Å²) in [6.07, 6.45) is 0. The van der Waals surface area contributed by atoms with Crippen molar-refractivity contribution >= 4 is 35.4 Å². The van der Waals surface area contributed by atoms with Gasteiger partial charge in [0.2, 0.25) is 0 Å². The van der Waals surface area contributed by atoms with Gasteiger partial charge in [0.1, 0.15) is 30.2 Å². The normalized spacial score (nSPS) is 10.4. The van der Waals surface area contributed by atoms with E-state index in [1.54, 1.807) is 17.0 Å². The highest BCUT2D eigenvalue weighted by Crippen LogP contribution is 2.30. The molecule has 0 amide bonds. The number of esters is 2. The van der Waals surface area contributed by atoms with Crippen molar-refractivity contribution in [3.63, 3.8) is 0 Å². The number of rotatable bonds is 10. The van der Waals surface area contributed by atoms with E-state index in [-0.39, 0.29) is 37.4 Å². The highest BCUT2D eigenvalue weighted by Gasteiger charge is 2.26. The van der Waals surface area contributed by atoms with Crippen molar-refractivity contribution < 1.29 is 38.9 Å². The Morgan fingerprint density at radius 1 is 0.909 bits per heavy atom. The molecule has 0 unspecified atom stereocenters. The van der Waals surface area contributed by atoms with Crippen LogP contribution < -0.4 is 16.2 Å². The number of nitrogen functional groups attached to an aromatic ring is 1. The Labute approximate surface area is 187 Å². The van der Waals surface area contributed by atoms with Crippen LogP contribution in [0.4, 0.5) is 11.5 Å². The molecule has 0 aliphatic heterocycles. The lowest BCUT2D eigenvalue weighted by Crippen LogP contribution is -2.31. The standard InChI is InChI=1S/C21H23N3O9/c1-11(25)32-9-7-24(8-10-33-12(2)26)14-5-3-13(4-6-14)15-16(20(28)29)18(22)23-19(27)17(15)21(30)31/h3-6H,7-10H2,1-2H3,(H,28,29)(H,30,31)(H3,22,23,27). The average molecular weight is 461 g/mol. The first-order valence-electron chi connectivity index (χ1n) is 9.67. The number of nitrogens with zero attached hydrogens (tertiary/aromatic N) is 1. The molecule has 33 heavy (non-hydrogen) atoms. The molecule has 2 aromatic rings. The monoisotopic (exact) mass is 461 g/mol. The summed E-state index contributed by atoms with van der Waals surface area (Å²) in [5.74, 6) is -4.50. The van der Waals surface area contributed by atoms with Gasteiger partial charge >= 0.3 is 23.9 Å². The molecule has 0 saturated heterocycles. The fraction of sp³-hybridized carbons (Fsp3) is 0.286. The molecule has 0 atom stereocenters. The molecule has 1 aromatic carbocycles. The largest absolute Gasteiger partial charge is 0.478 e. The van der Waals surface area contributed by atoms with Crippen molar-refractivity contribution in [1.29, 1.82) is 0 Å². The molecule has 0 bridgehead atoms. The summed E-state index contributed by atoms with van der Waals surface area (Å²) >= 11 is 0. The Kier molecular flexibility index (Phi) is 8.15. The van der Waals surface area contributed by atoms with E-state index in [2.05, 4.69) is 0 Å². The molecule has 2 rings (SSSR count). The van der Waals surface area contributed by atoms with Gasteiger partial charge in [0.15, 0.2) is 0 Å². The third kappa shape index (κ3) is 6.32. The lowest BCUT2D eigenvalue weighted by atomic mass is 9.95. The van der Waals surface area contributed by atoms with E-state index in [0.29, 0.717) is 5.69 Å². The minimum Gasteiger partial charge on any atom is -0.478 e. The van der Waals surface area contributed by atoms with Crippen LogP contribution in [0.5, 0.6) is 0 Å². The topological polar surface area (TPSA) is 189 Å². The van der Waals surface area contributed by atoms with Gasteiger partial charge in [-0.15, -0.1) is 0 Å². The Balaban J connectivity index is 2.47. The van der Waals surface area contributed by atoms with E-state index < -0.39 is 46.4 Å². The third-order valence-corrected chi connectivity index (χ3v) is 4.53. The quantitative estimate of drug-likeness (QED) is 0.369. The van der Waals surface area contributed by atoms with Crippen molar-refractivity contribution in [3.05, 3.63) is 45.7 Å². The van der Waals surface area contributed by atoms with Gasteiger partial charge in [0.25, 0.3) is 5.56 Å². The number of hydrogen-bond donors (Lipinski definition) is 4. The van der Waals surface area contributed by atoms with Gasteiger partial charge in [-0.1, -0.05) is 12.1 Å². The van der Waals surface area contributed by atoms with Crippen molar-refractivity contribution in [1.82, 2.24) is 4.98 Å². The minimum absolute atomic E-state index is 0.0636. The number of nitrogens with two attached hydrogens (primary N) is 1. The number of carbonyl (C=O) groups excluding carboxylic acids is 2. The van der Waals surface area contributed by atoms with Crippen molar-refractivity contribution in [2.45, 2.75) is 13.8 Å². The van der Waals surface area contributed by atoms with E-state index in [1.165, 1.54) is 26.0 Å². The Bertz CT molecular complexity index is 1100. The number of aromatic carboxylic acids is 2. The maximum atomic E-state index is 12.2. The van der Waals surface area contributed by atoms with E-state index in [9.17, 15) is 34.2 Å². The van der Waals surface area contributed by atoms with E-state index in [4.69, 9.17) is 15.2 Å². The van der Waals surface area contributed by atoms with Gasteiger partial charge < -0.3 is 35.3 Å². The highest BCUT2D eigenvalue weighted by molar-refractivity contribution is 6.07. The molecule has 0 fully saturated rings. The van der Waals surface area contributed by atoms with Crippen molar-refractivity contribution in [2.75, 3.05) is 36.9 Å². The van der Waals surface area contributed by atoms with E-state index in [1.807, 2.05) is 4.98 Å². The van der Waals surface area contributed by atoms with E-state index in [0.717, 1.165) is 0 Å². The van der Waals surface area contributed by atoms with Crippen LogP contribution in [0.25, 0.3) is 11.1 Å². The molecular weight excluding hydrogens is 438 g/mol. The molecule has 0 radical (unpaired) electrons. The van der Waals surface area contributed by atoms with Gasteiger partial charge in [0.05, 0.1) is 13.1 Å². The Hall–Kier alpha value is -4.35. The number of H-pyrrole nitrogens is 1. The number of carboxylic acid groups (broad SMARTS) is 2. The number of carboxylic acids is 2. The first-order chi connectivity index (χ1) is 15.5. The third-order valence-electron chi connectivity index (χ3n) is 4.53. The number of aromatic nitrogens is 1. The Morgan fingerprint density at radius 3 is 1.82 bits per heavy atom. The number of ether oxygens (including phenoxy) is 2. The molecule has 12 nitrogen and oxygen atoms in total. The smallest absolute Gasteiger partial charge is 0.342 e. The van der Waals surface area contributed by atoms with Crippen LogP contribution in [0.15, 0.2) is 29.1 Å². The maximum absolute atomic E-state index is 12.2. The van der Waals surface area contributed by atoms with Crippen molar-refractivity contribution in [2.24, 2.45) is 0 Å². The van der Waals surface area contributed by atoms with Gasteiger partial charge in [-0.2, -0.15) is 0 Å². The second-order valence-corrected chi connectivity index (χ2v) is 6.82. The summed E-state index contributed by atoms with van der Waals surface area (Å²) in [5, 5.41) is 19.0. The van der Waals surface area contributed by atoms with Gasteiger partial charge in [0, 0.05) is 25.1 Å². The number of carbonyl (C=O) groups is 4. The molecule has 0 aliphatic carbocycles. The van der Waals surface area contributed by atoms with Gasteiger partial charge in [-0.05, 0) is 17.7 Å². The zero-order valence-corrected chi connectivity index (χ0v) is 17.9. The van der Waals surface area contributed by atoms with Crippen LogP contribution in [0.2, 0.25) is 0 Å². The minimum atomic E-state index is -1.61. The summed E-state index contributed by atoms with van der Waals surface area (Å²) in [5.41, 5.74) is 3.73. The zero-order chi connectivity index (χ0) is 24.7. The second-order valence-electron chi connectivity index (χ2n) is 6.82. The lowest BCUT2D eigenvalue weighted by Gasteiger charge is -2.24. The number of benzene rings is 1. The zero-order valence-electron chi connectivity index (χ0n) is 17.9. The molecule has 0 spiro atoms. The van der Waals surface area contributed by atoms with Gasteiger partial charge in [-0.25, -0.2) is 9.59 Å². The van der Waals surface area contributed by atoms with Crippen LogP contribution in [0.3, 0.4) is 0 Å². The molecule has 1 heterocycles. The molecule has 0 saturated carbocycles. The summed E-state index contributed by atoms with van der Waals surface area (Å²) in [6.45, 7) is 3.19. The summed E-state index contributed by atoms with van der Waals surface area (Å²) < 4.78 is 9.91. The maximum Gasteiger partial charge on any atom is 0.342 e. The number of pyridine rings is 1. The lowest BCUT2D eigenvalue weighted by molar-refractivity contribution is -0.141. The summed E-state index contributed by atoms with van der Waals surface area (Å²) in [6, 6.07) is 6.00. The number of hydrogen-bond acceptors (Lipinski definition) is 9. The van der Waals surface area contributed by atoms with Crippen LogP contribution in [0.1, 0.15) is 34.6 Å². The first-order valence-corrected chi connectivity index (χ1v) is 9.67. The first kappa shape index (κ1) is 24.9. The number of aromatic amines is 1. The fourth-order valence-electron chi connectivity index (χ4n) is 3.14. The molecule has 1 aromatic heterocycles.